The molecule has 2 aromatic heterocycles. The van der Waals surface area contributed by atoms with Gasteiger partial charge in [-0.25, -0.2) is 0 Å². The molecule has 0 aliphatic rings. The van der Waals surface area contributed by atoms with Gasteiger partial charge >= 0.3 is 0 Å². The summed E-state index contributed by atoms with van der Waals surface area (Å²) in [5, 5.41) is 6.25. The highest BCUT2D eigenvalue weighted by Gasteiger charge is 2.16. The Hall–Kier alpha value is -2.11. The van der Waals surface area contributed by atoms with Crippen LogP contribution in [0.2, 0.25) is 0 Å². The van der Waals surface area contributed by atoms with E-state index >= 15 is 0 Å². The van der Waals surface area contributed by atoms with Crippen LogP contribution < -0.4 is 5.32 Å². The number of nitrogens with one attached hydrogen (secondary N) is 2. The molecule has 2 N–H and O–H groups in total. The Kier molecular flexibility index (Phi) is 4.79. The van der Waals surface area contributed by atoms with Gasteiger partial charge in [-0.3, -0.25) is 4.79 Å². The summed E-state index contributed by atoms with van der Waals surface area (Å²) in [6.07, 6.45) is 2.32. The molecule has 1 unspecified atom stereocenters. The second-order valence-electron chi connectivity index (χ2n) is 5.84. The number of benzene rings is 1. The van der Waals surface area contributed by atoms with Gasteiger partial charge in [0.15, 0.2) is 0 Å². The lowest BCUT2D eigenvalue weighted by molar-refractivity contribution is -0.120. The zero-order valence-corrected chi connectivity index (χ0v) is 14.2. The number of hydrogen-bond donors (Lipinski definition) is 2. The number of H-pyrrole nitrogens is 1. The topological polar surface area (TPSA) is 48.1 Å². The molecule has 0 fully saturated rings. The number of nitrogens with zero attached hydrogens (tertiary/aromatic N) is 1. The number of hydrogen-bond acceptors (Lipinski definition) is 3. The SMILES string of the molecule is CN(C)C(CNC(=O)Cc1c[nH]c2ccccc12)c1cccs1. The standard InChI is InChI=1S/C18H21N3OS/c1-21(2)16(17-8-5-9-23-17)12-20-18(22)10-13-11-19-15-7-4-3-6-14(13)15/h3-9,11,16,19H,10,12H2,1-2H3,(H,20,22). The largest absolute Gasteiger partial charge is 0.361 e. The highest BCUT2D eigenvalue weighted by atomic mass is 32.1. The van der Waals surface area contributed by atoms with E-state index in [4.69, 9.17) is 0 Å². The Morgan fingerprint density at radius 3 is 2.83 bits per heavy atom. The van der Waals surface area contributed by atoms with Crippen molar-refractivity contribution in [3.8, 4) is 0 Å². The molecule has 1 aromatic carbocycles. The predicted molar refractivity (Wildman–Crippen MR) is 95.8 cm³/mol. The maximum Gasteiger partial charge on any atom is 0.224 e. The first kappa shape index (κ1) is 15.8. The van der Waals surface area contributed by atoms with Gasteiger partial charge in [0.25, 0.3) is 0 Å². The highest BCUT2D eigenvalue weighted by Crippen LogP contribution is 2.22. The number of para-hydroxylation sites is 1. The van der Waals surface area contributed by atoms with Gasteiger partial charge in [-0.05, 0) is 37.2 Å². The van der Waals surface area contributed by atoms with Gasteiger partial charge in [-0.2, -0.15) is 0 Å². The third kappa shape index (κ3) is 3.63. The molecule has 2 heterocycles. The van der Waals surface area contributed by atoms with E-state index in [2.05, 4.69) is 26.6 Å². The van der Waals surface area contributed by atoms with Gasteiger partial charge in [0.1, 0.15) is 0 Å². The van der Waals surface area contributed by atoms with Crippen molar-refractivity contribution >= 4 is 28.1 Å². The Balaban J connectivity index is 1.63. The minimum atomic E-state index is 0.0539. The second-order valence-corrected chi connectivity index (χ2v) is 6.81. The molecule has 0 saturated heterocycles. The molecule has 0 bridgehead atoms. The minimum absolute atomic E-state index is 0.0539. The van der Waals surface area contributed by atoms with Crippen LogP contribution in [0.5, 0.6) is 0 Å². The van der Waals surface area contributed by atoms with Gasteiger partial charge in [0, 0.05) is 28.5 Å². The molecule has 0 aliphatic carbocycles. The van der Waals surface area contributed by atoms with Gasteiger partial charge in [0.05, 0.1) is 12.5 Å². The molecule has 0 saturated carbocycles. The number of aromatic nitrogens is 1. The van der Waals surface area contributed by atoms with Crippen LogP contribution in [0, 0.1) is 0 Å². The third-order valence-electron chi connectivity index (χ3n) is 4.01. The number of aromatic amines is 1. The molecule has 0 spiro atoms. The number of carbonyl (C=O) groups excluding carboxylic acids is 1. The van der Waals surface area contributed by atoms with Crippen molar-refractivity contribution in [3.63, 3.8) is 0 Å². The average molecular weight is 327 g/mol. The summed E-state index contributed by atoms with van der Waals surface area (Å²) in [5.74, 6) is 0.0539. The van der Waals surface area contributed by atoms with Crippen molar-refractivity contribution < 1.29 is 4.79 Å². The predicted octanol–water partition coefficient (Wildman–Crippen LogP) is 3.19. The van der Waals surface area contributed by atoms with Crippen LogP contribution in [0.1, 0.15) is 16.5 Å². The smallest absolute Gasteiger partial charge is 0.224 e. The van der Waals surface area contributed by atoms with E-state index in [0.717, 1.165) is 16.5 Å². The lowest BCUT2D eigenvalue weighted by Gasteiger charge is -2.23. The fourth-order valence-electron chi connectivity index (χ4n) is 2.74. The van der Waals surface area contributed by atoms with Gasteiger partial charge in [-0.15, -0.1) is 11.3 Å². The molecule has 0 radical (unpaired) electrons. The molecule has 1 atom stereocenters. The molecule has 23 heavy (non-hydrogen) atoms. The molecular weight excluding hydrogens is 306 g/mol. The normalized spacial score (nSPS) is 12.7. The van der Waals surface area contributed by atoms with Gasteiger partial charge in [-0.1, -0.05) is 24.3 Å². The van der Waals surface area contributed by atoms with Crippen LogP contribution in [0.25, 0.3) is 10.9 Å². The van der Waals surface area contributed by atoms with Gasteiger partial charge in [0.2, 0.25) is 5.91 Å². The first-order chi connectivity index (χ1) is 11.1. The number of amides is 1. The van der Waals surface area contributed by atoms with Gasteiger partial charge < -0.3 is 15.2 Å². The Morgan fingerprint density at radius 2 is 2.09 bits per heavy atom. The Labute approximate surface area is 140 Å². The first-order valence-electron chi connectivity index (χ1n) is 7.66. The lowest BCUT2D eigenvalue weighted by Crippen LogP contribution is -2.34. The number of likely N-dealkylation sites (N-methyl/N-ethyl adjacent to an activating group) is 1. The number of fused-ring (bicyclic) bond motifs is 1. The van der Waals surface area contributed by atoms with E-state index in [1.165, 1.54) is 4.88 Å². The van der Waals surface area contributed by atoms with Crippen LogP contribution in [-0.2, 0) is 11.2 Å². The zero-order chi connectivity index (χ0) is 16.2. The summed E-state index contributed by atoms with van der Waals surface area (Å²) in [4.78, 5) is 18.9. The van der Waals surface area contributed by atoms with E-state index in [9.17, 15) is 4.79 Å². The first-order valence-corrected chi connectivity index (χ1v) is 8.54. The second kappa shape index (κ2) is 6.98. The molecule has 5 heteroatoms. The Bertz CT molecular complexity index is 777. The molecule has 120 valence electrons. The molecule has 3 rings (SSSR count). The summed E-state index contributed by atoms with van der Waals surface area (Å²) in [5.41, 5.74) is 2.11. The molecular formula is C18H21N3OS. The number of rotatable bonds is 6. The zero-order valence-electron chi connectivity index (χ0n) is 13.4. The summed E-state index contributed by atoms with van der Waals surface area (Å²) in [6.45, 7) is 0.620. The molecule has 3 aromatic rings. The molecule has 4 nitrogen and oxygen atoms in total. The third-order valence-corrected chi connectivity index (χ3v) is 4.99. The quantitative estimate of drug-likeness (QED) is 0.730. The van der Waals surface area contributed by atoms with Crippen molar-refractivity contribution in [1.29, 1.82) is 0 Å². The molecule has 1 amide bonds. The van der Waals surface area contributed by atoms with Crippen LogP contribution in [0.15, 0.2) is 48.0 Å². The van der Waals surface area contributed by atoms with Crippen molar-refractivity contribution in [2.24, 2.45) is 0 Å². The van der Waals surface area contributed by atoms with Crippen molar-refractivity contribution in [2.45, 2.75) is 12.5 Å². The van der Waals surface area contributed by atoms with Crippen LogP contribution >= 0.6 is 11.3 Å². The Morgan fingerprint density at radius 1 is 1.26 bits per heavy atom. The van der Waals surface area contributed by atoms with Crippen molar-refractivity contribution in [3.05, 3.63) is 58.4 Å². The van der Waals surface area contributed by atoms with Crippen molar-refractivity contribution in [2.75, 3.05) is 20.6 Å². The lowest BCUT2D eigenvalue weighted by atomic mass is 10.1. The summed E-state index contributed by atoms with van der Waals surface area (Å²) in [7, 11) is 4.08. The minimum Gasteiger partial charge on any atom is -0.361 e. The van der Waals surface area contributed by atoms with E-state index in [0.29, 0.717) is 13.0 Å². The average Bonchev–Trinajstić information content (AvgIpc) is 3.18. The summed E-state index contributed by atoms with van der Waals surface area (Å²) < 4.78 is 0. The highest BCUT2D eigenvalue weighted by molar-refractivity contribution is 7.10. The van der Waals surface area contributed by atoms with Crippen LogP contribution in [0.4, 0.5) is 0 Å². The number of thiophene rings is 1. The summed E-state index contributed by atoms with van der Waals surface area (Å²) >= 11 is 1.72. The maximum atomic E-state index is 12.3. The van der Waals surface area contributed by atoms with Crippen molar-refractivity contribution in [1.82, 2.24) is 15.2 Å². The van der Waals surface area contributed by atoms with Crippen LogP contribution in [-0.4, -0.2) is 36.4 Å². The summed E-state index contributed by atoms with van der Waals surface area (Å²) in [6, 6.07) is 12.4. The van der Waals surface area contributed by atoms with Crippen LogP contribution in [0.3, 0.4) is 0 Å². The molecule has 0 aliphatic heterocycles. The monoisotopic (exact) mass is 327 g/mol. The van der Waals surface area contributed by atoms with E-state index in [1.54, 1.807) is 11.3 Å². The van der Waals surface area contributed by atoms with E-state index < -0.39 is 0 Å². The fourth-order valence-corrected chi connectivity index (χ4v) is 3.67. The fraction of sp³-hybridized carbons (Fsp3) is 0.278. The van der Waals surface area contributed by atoms with E-state index in [-0.39, 0.29) is 11.9 Å². The maximum absolute atomic E-state index is 12.3. The van der Waals surface area contributed by atoms with E-state index in [1.807, 2.05) is 50.6 Å². The number of carbonyl (C=O) groups is 1.